The molecule has 1 N–H and O–H groups in total. The van der Waals surface area contributed by atoms with Crippen LogP contribution in [0.3, 0.4) is 0 Å². The summed E-state index contributed by atoms with van der Waals surface area (Å²) in [6.07, 6.45) is 0.853. The SMILES string of the molecule is COc1cc2c(cc1OC)[C@H](COc1cc(C)cc(C)c1)N(C(=S)Nc1ccccc1C)CC2. The van der Waals surface area contributed by atoms with Gasteiger partial charge in [-0.1, -0.05) is 24.3 Å². The molecule has 1 aliphatic heterocycles. The Hall–Kier alpha value is -3.25. The maximum Gasteiger partial charge on any atom is 0.174 e. The lowest BCUT2D eigenvalue weighted by Gasteiger charge is -2.39. The molecule has 1 aliphatic rings. The number of nitrogens with one attached hydrogen (secondary N) is 1. The molecule has 178 valence electrons. The Kier molecular flexibility index (Phi) is 7.27. The third kappa shape index (κ3) is 5.12. The highest BCUT2D eigenvalue weighted by atomic mass is 32.1. The smallest absolute Gasteiger partial charge is 0.174 e. The molecule has 0 aromatic heterocycles. The number of aryl methyl sites for hydroxylation is 3. The van der Waals surface area contributed by atoms with Crippen LogP contribution in [0.25, 0.3) is 0 Å². The van der Waals surface area contributed by atoms with Gasteiger partial charge in [0.25, 0.3) is 0 Å². The number of hydrogen-bond acceptors (Lipinski definition) is 4. The van der Waals surface area contributed by atoms with Crippen molar-refractivity contribution in [1.29, 1.82) is 0 Å². The van der Waals surface area contributed by atoms with Gasteiger partial charge >= 0.3 is 0 Å². The average molecular weight is 477 g/mol. The van der Waals surface area contributed by atoms with E-state index >= 15 is 0 Å². The summed E-state index contributed by atoms with van der Waals surface area (Å²) in [4.78, 5) is 2.22. The Bertz CT molecular complexity index is 1170. The van der Waals surface area contributed by atoms with Gasteiger partial charge in [0.15, 0.2) is 16.6 Å². The zero-order chi connectivity index (χ0) is 24.2. The molecule has 3 aromatic rings. The van der Waals surface area contributed by atoms with Crippen molar-refractivity contribution in [2.75, 3.05) is 32.7 Å². The third-order valence-corrected chi connectivity index (χ3v) is 6.59. The zero-order valence-electron chi connectivity index (χ0n) is 20.5. The van der Waals surface area contributed by atoms with Crippen LogP contribution in [0.15, 0.2) is 54.6 Å². The molecule has 34 heavy (non-hydrogen) atoms. The molecule has 0 fully saturated rings. The number of hydrogen-bond donors (Lipinski definition) is 1. The lowest BCUT2D eigenvalue weighted by Crippen LogP contribution is -2.44. The first-order valence-corrected chi connectivity index (χ1v) is 11.9. The molecule has 3 aromatic carbocycles. The Morgan fingerprint density at radius 3 is 2.32 bits per heavy atom. The van der Waals surface area contributed by atoms with Crippen molar-refractivity contribution in [1.82, 2.24) is 4.90 Å². The highest BCUT2D eigenvalue weighted by Gasteiger charge is 2.31. The molecular formula is C28H32N2O3S. The molecule has 1 atom stereocenters. The van der Waals surface area contributed by atoms with Gasteiger partial charge in [-0.3, -0.25) is 0 Å². The van der Waals surface area contributed by atoms with Crippen LogP contribution in [0.4, 0.5) is 5.69 Å². The molecule has 5 nitrogen and oxygen atoms in total. The predicted octanol–water partition coefficient (Wildman–Crippen LogP) is 6.00. The van der Waals surface area contributed by atoms with E-state index < -0.39 is 0 Å². The molecule has 0 amide bonds. The Morgan fingerprint density at radius 1 is 0.971 bits per heavy atom. The lowest BCUT2D eigenvalue weighted by atomic mass is 9.92. The van der Waals surface area contributed by atoms with E-state index in [1.807, 2.05) is 12.1 Å². The van der Waals surface area contributed by atoms with Crippen molar-refractivity contribution in [3.8, 4) is 17.2 Å². The summed E-state index contributed by atoms with van der Waals surface area (Å²) in [5.41, 5.74) is 6.89. The molecule has 1 heterocycles. The number of benzene rings is 3. The minimum atomic E-state index is -0.0756. The van der Waals surface area contributed by atoms with Crippen LogP contribution in [0.5, 0.6) is 17.2 Å². The maximum absolute atomic E-state index is 6.35. The van der Waals surface area contributed by atoms with E-state index in [1.54, 1.807) is 14.2 Å². The molecular weight excluding hydrogens is 444 g/mol. The van der Waals surface area contributed by atoms with Crippen LogP contribution in [-0.4, -0.2) is 37.4 Å². The van der Waals surface area contributed by atoms with E-state index in [4.69, 9.17) is 26.4 Å². The van der Waals surface area contributed by atoms with Gasteiger partial charge in [-0.2, -0.15) is 0 Å². The van der Waals surface area contributed by atoms with E-state index in [9.17, 15) is 0 Å². The number of fused-ring (bicyclic) bond motifs is 1. The maximum atomic E-state index is 6.35. The van der Waals surface area contributed by atoms with Crippen LogP contribution in [0.2, 0.25) is 0 Å². The van der Waals surface area contributed by atoms with Crippen molar-refractivity contribution >= 4 is 23.0 Å². The van der Waals surface area contributed by atoms with E-state index in [2.05, 4.69) is 73.5 Å². The van der Waals surface area contributed by atoms with Crippen molar-refractivity contribution in [2.24, 2.45) is 0 Å². The van der Waals surface area contributed by atoms with E-state index in [-0.39, 0.29) is 6.04 Å². The standard InChI is InChI=1S/C28H32N2O3S/c1-18-12-19(2)14-22(13-18)33-17-25-23-16-27(32-5)26(31-4)15-21(23)10-11-30(25)28(34)29-24-9-7-6-8-20(24)3/h6-9,12-16,25H,10-11,17H2,1-5H3,(H,29,34)/t25-/m0/s1. The fourth-order valence-electron chi connectivity index (χ4n) is 4.54. The summed E-state index contributed by atoms with van der Waals surface area (Å²) in [5.74, 6) is 2.31. The molecule has 6 heteroatoms. The van der Waals surface area contributed by atoms with E-state index in [0.717, 1.165) is 41.3 Å². The fourth-order valence-corrected chi connectivity index (χ4v) is 4.87. The molecule has 0 saturated heterocycles. The number of methoxy groups -OCH3 is 2. The minimum Gasteiger partial charge on any atom is -0.493 e. The van der Waals surface area contributed by atoms with Gasteiger partial charge in [-0.05, 0) is 97.6 Å². The summed E-state index contributed by atoms with van der Waals surface area (Å²) in [6, 6.07) is 18.5. The van der Waals surface area contributed by atoms with Crippen LogP contribution < -0.4 is 19.5 Å². The number of rotatable bonds is 6. The van der Waals surface area contributed by atoms with E-state index in [0.29, 0.717) is 17.5 Å². The highest BCUT2D eigenvalue weighted by Crippen LogP contribution is 2.39. The molecule has 0 saturated carbocycles. The van der Waals surface area contributed by atoms with Gasteiger partial charge in [0.2, 0.25) is 0 Å². The van der Waals surface area contributed by atoms with Crippen molar-refractivity contribution in [2.45, 2.75) is 33.2 Å². The van der Waals surface area contributed by atoms with Crippen LogP contribution in [-0.2, 0) is 6.42 Å². The van der Waals surface area contributed by atoms with Gasteiger partial charge in [0.05, 0.1) is 20.3 Å². The normalized spacial score (nSPS) is 14.9. The quantitative estimate of drug-likeness (QED) is 0.440. The molecule has 0 radical (unpaired) electrons. The van der Waals surface area contributed by atoms with Gasteiger partial charge in [-0.25, -0.2) is 0 Å². The van der Waals surface area contributed by atoms with Crippen molar-refractivity contribution in [3.05, 3.63) is 82.4 Å². The molecule has 0 bridgehead atoms. The largest absolute Gasteiger partial charge is 0.493 e. The summed E-state index contributed by atoms with van der Waals surface area (Å²) in [7, 11) is 3.33. The van der Waals surface area contributed by atoms with Gasteiger partial charge in [0, 0.05) is 12.2 Å². The molecule has 0 unspecified atom stereocenters. The molecule has 4 rings (SSSR count). The number of para-hydroxylation sites is 1. The van der Waals surface area contributed by atoms with Crippen molar-refractivity contribution < 1.29 is 14.2 Å². The number of nitrogens with zero attached hydrogens (tertiary/aromatic N) is 1. The summed E-state index contributed by atoms with van der Waals surface area (Å²) in [5, 5.41) is 4.14. The zero-order valence-corrected chi connectivity index (χ0v) is 21.3. The molecule has 0 aliphatic carbocycles. The Labute approximate surface area is 207 Å². The van der Waals surface area contributed by atoms with Gasteiger partial charge < -0.3 is 24.4 Å². The number of ether oxygens (including phenoxy) is 3. The predicted molar refractivity (Wildman–Crippen MR) is 142 cm³/mol. The van der Waals surface area contributed by atoms with Gasteiger partial charge in [0.1, 0.15) is 12.4 Å². The lowest BCUT2D eigenvalue weighted by molar-refractivity contribution is 0.190. The summed E-state index contributed by atoms with van der Waals surface area (Å²) >= 11 is 5.91. The first-order chi connectivity index (χ1) is 16.4. The molecule has 0 spiro atoms. The van der Waals surface area contributed by atoms with Crippen LogP contribution >= 0.6 is 12.2 Å². The van der Waals surface area contributed by atoms with Crippen LogP contribution in [0, 0.1) is 20.8 Å². The topological polar surface area (TPSA) is 43.0 Å². The van der Waals surface area contributed by atoms with Crippen LogP contribution in [0.1, 0.15) is 33.9 Å². The Balaban J connectivity index is 1.67. The first-order valence-electron chi connectivity index (χ1n) is 11.5. The number of thiocarbonyl (C=S) groups is 1. The second-order valence-corrected chi connectivity index (χ2v) is 9.13. The minimum absolute atomic E-state index is 0.0756. The highest BCUT2D eigenvalue weighted by molar-refractivity contribution is 7.80. The average Bonchev–Trinajstić information content (AvgIpc) is 2.82. The second-order valence-electron chi connectivity index (χ2n) is 8.74. The fraction of sp³-hybridized carbons (Fsp3) is 0.321. The first kappa shape index (κ1) is 23.9. The third-order valence-electron chi connectivity index (χ3n) is 6.25. The van der Waals surface area contributed by atoms with Crippen molar-refractivity contribution in [3.63, 3.8) is 0 Å². The van der Waals surface area contributed by atoms with E-state index in [1.165, 1.54) is 16.7 Å². The summed E-state index contributed by atoms with van der Waals surface area (Å²) < 4.78 is 17.5. The number of anilines is 1. The Morgan fingerprint density at radius 2 is 1.65 bits per heavy atom. The van der Waals surface area contributed by atoms with Gasteiger partial charge in [-0.15, -0.1) is 0 Å². The summed E-state index contributed by atoms with van der Waals surface area (Å²) in [6.45, 7) is 7.48. The monoisotopic (exact) mass is 476 g/mol. The second kappa shape index (κ2) is 10.3.